The van der Waals surface area contributed by atoms with E-state index in [1.165, 1.54) is 12.5 Å². The Labute approximate surface area is 239 Å². The molecule has 3 aromatic rings. The van der Waals surface area contributed by atoms with Crippen molar-refractivity contribution >= 4 is 34.6 Å². The molecule has 0 radical (unpaired) electrons. The Hall–Kier alpha value is -4.19. The molecule has 4 atom stereocenters. The summed E-state index contributed by atoms with van der Waals surface area (Å²) in [5.74, 6) is -2.65. The zero-order chi connectivity index (χ0) is 29.9. The van der Waals surface area contributed by atoms with Gasteiger partial charge in [-0.3, -0.25) is 14.4 Å². The van der Waals surface area contributed by atoms with Crippen LogP contribution in [0, 0.1) is 5.92 Å². The van der Waals surface area contributed by atoms with Crippen LogP contribution in [0.15, 0.2) is 43.0 Å². The lowest BCUT2D eigenvalue weighted by Gasteiger charge is -2.25. The van der Waals surface area contributed by atoms with E-state index < -0.39 is 47.9 Å². The maximum atomic E-state index is 13.5. The summed E-state index contributed by atoms with van der Waals surface area (Å²) in [6.45, 7) is 5.89. The Bertz CT molecular complexity index is 1300. The molecule has 12 heteroatoms. The van der Waals surface area contributed by atoms with E-state index >= 15 is 0 Å². The Balaban J connectivity index is 1.83. The third kappa shape index (κ3) is 9.17. The van der Waals surface area contributed by atoms with Crippen molar-refractivity contribution in [3.8, 4) is 0 Å². The van der Waals surface area contributed by atoms with Crippen LogP contribution in [-0.4, -0.2) is 67.9 Å². The number of imidazole rings is 1. The lowest BCUT2D eigenvalue weighted by Crippen LogP contribution is -2.57. The number of para-hydroxylation sites is 1. The predicted molar refractivity (Wildman–Crippen MR) is 155 cm³/mol. The molecule has 0 aliphatic carbocycles. The van der Waals surface area contributed by atoms with Gasteiger partial charge in [-0.25, -0.2) is 9.78 Å². The molecule has 0 saturated heterocycles. The van der Waals surface area contributed by atoms with Crippen LogP contribution in [0.2, 0.25) is 0 Å². The Morgan fingerprint density at radius 3 is 2.29 bits per heavy atom. The van der Waals surface area contributed by atoms with Crippen LogP contribution in [0.5, 0.6) is 0 Å². The van der Waals surface area contributed by atoms with Gasteiger partial charge in [0.15, 0.2) is 0 Å². The summed E-state index contributed by atoms with van der Waals surface area (Å²) in [7, 11) is 0. The van der Waals surface area contributed by atoms with Crippen molar-refractivity contribution in [2.75, 3.05) is 0 Å². The number of hydrogen-bond acceptors (Lipinski definition) is 6. The number of aromatic amines is 2. The summed E-state index contributed by atoms with van der Waals surface area (Å²) in [5.41, 5.74) is 8.23. The molecule has 8 N–H and O–H groups in total. The van der Waals surface area contributed by atoms with E-state index in [-0.39, 0.29) is 18.8 Å². The van der Waals surface area contributed by atoms with E-state index in [2.05, 4.69) is 30.9 Å². The maximum absolute atomic E-state index is 13.5. The van der Waals surface area contributed by atoms with E-state index in [4.69, 9.17) is 5.73 Å². The standard InChI is InChI=1S/C29H41N7O5/c1-4-5-9-23(34-26(37)21(30)11-17(2)3)27(38)35-24(12-18-14-32-22-10-7-6-8-20(18)22)28(39)36-25(29(40)41)13-19-15-31-16-33-19/h6-8,10,14-17,21,23-25,32H,4-5,9,11-13,30H2,1-3H3,(H,31,33)(H,34,37)(H,35,38)(H,36,39)(H,40,41)/t21-,23+,24-,25+/m1/s1. The Morgan fingerprint density at radius 1 is 0.951 bits per heavy atom. The largest absolute Gasteiger partial charge is 0.480 e. The highest BCUT2D eigenvalue weighted by atomic mass is 16.4. The summed E-state index contributed by atoms with van der Waals surface area (Å²) < 4.78 is 0. The lowest BCUT2D eigenvalue weighted by atomic mass is 10.0. The number of carboxylic acid groups (broad SMARTS) is 1. The number of carbonyl (C=O) groups excluding carboxylic acids is 3. The number of hydrogen-bond donors (Lipinski definition) is 7. The van der Waals surface area contributed by atoms with Crippen molar-refractivity contribution in [1.82, 2.24) is 30.9 Å². The fraction of sp³-hybridized carbons (Fsp3) is 0.483. The summed E-state index contributed by atoms with van der Waals surface area (Å²) in [6, 6.07) is 3.51. The van der Waals surface area contributed by atoms with Crippen LogP contribution in [0.1, 0.15) is 57.7 Å². The van der Waals surface area contributed by atoms with Crippen molar-refractivity contribution in [3.63, 3.8) is 0 Å². The first-order valence-electron chi connectivity index (χ1n) is 14.0. The molecule has 222 valence electrons. The second-order valence-corrected chi connectivity index (χ2v) is 10.7. The van der Waals surface area contributed by atoms with Crippen LogP contribution >= 0.6 is 0 Å². The van der Waals surface area contributed by atoms with E-state index in [0.717, 1.165) is 22.9 Å². The molecule has 0 saturated carbocycles. The van der Waals surface area contributed by atoms with E-state index in [1.54, 1.807) is 6.20 Å². The average Bonchev–Trinajstić information content (AvgIpc) is 3.59. The van der Waals surface area contributed by atoms with Crippen LogP contribution in [0.25, 0.3) is 10.9 Å². The fourth-order valence-corrected chi connectivity index (χ4v) is 4.66. The number of unbranched alkanes of at least 4 members (excludes halogenated alkanes) is 1. The highest BCUT2D eigenvalue weighted by Crippen LogP contribution is 2.19. The van der Waals surface area contributed by atoms with E-state index in [9.17, 15) is 24.3 Å². The van der Waals surface area contributed by atoms with Crippen molar-refractivity contribution < 1.29 is 24.3 Å². The normalized spacial score (nSPS) is 14.3. The van der Waals surface area contributed by atoms with Gasteiger partial charge in [0.1, 0.15) is 18.1 Å². The average molecular weight is 568 g/mol. The minimum atomic E-state index is -1.25. The number of benzene rings is 1. The summed E-state index contributed by atoms with van der Waals surface area (Å²) in [4.78, 5) is 61.7. The van der Waals surface area contributed by atoms with E-state index in [0.29, 0.717) is 25.0 Å². The number of aromatic nitrogens is 3. The van der Waals surface area contributed by atoms with Gasteiger partial charge in [-0.15, -0.1) is 0 Å². The third-order valence-corrected chi connectivity index (χ3v) is 6.87. The smallest absolute Gasteiger partial charge is 0.326 e. The number of H-pyrrole nitrogens is 2. The predicted octanol–water partition coefficient (Wildman–Crippen LogP) is 1.78. The van der Waals surface area contributed by atoms with E-state index in [1.807, 2.05) is 45.0 Å². The van der Waals surface area contributed by atoms with Crippen LogP contribution in [0.3, 0.4) is 0 Å². The molecule has 3 rings (SSSR count). The fourth-order valence-electron chi connectivity index (χ4n) is 4.66. The maximum Gasteiger partial charge on any atom is 0.326 e. The monoisotopic (exact) mass is 567 g/mol. The first kappa shape index (κ1) is 31.3. The summed E-state index contributed by atoms with van der Waals surface area (Å²) >= 11 is 0. The number of nitrogens with one attached hydrogen (secondary N) is 5. The minimum Gasteiger partial charge on any atom is -0.480 e. The molecule has 0 unspecified atom stereocenters. The Morgan fingerprint density at radius 2 is 1.63 bits per heavy atom. The van der Waals surface area contributed by atoms with Crippen molar-refractivity contribution in [1.29, 1.82) is 0 Å². The third-order valence-electron chi connectivity index (χ3n) is 6.87. The Kier molecular flexibility index (Phi) is 11.5. The highest BCUT2D eigenvalue weighted by molar-refractivity contribution is 5.95. The molecule has 0 aliphatic rings. The van der Waals surface area contributed by atoms with Gasteiger partial charge < -0.3 is 36.8 Å². The SMILES string of the molecule is CCCC[C@H](NC(=O)[C@H](N)CC(C)C)C(=O)N[C@H](Cc1c[nH]c2ccccc12)C(=O)N[C@@H](Cc1cnc[nH]1)C(=O)O. The molecule has 0 fully saturated rings. The molecule has 12 nitrogen and oxygen atoms in total. The molecule has 0 aliphatic heterocycles. The summed E-state index contributed by atoms with van der Waals surface area (Å²) in [6.07, 6.45) is 7.04. The second-order valence-electron chi connectivity index (χ2n) is 10.7. The van der Waals surface area contributed by atoms with Crippen molar-refractivity contribution in [3.05, 3.63) is 54.2 Å². The van der Waals surface area contributed by atoms with Crippen LogP contribution in [0.4, 0.5) is 0 Å². The number of nitrogens with two attached hydrogens (primary N) is 1. The molecule has 2 aromatic heterocycles. The van der Waals surface area contributed by atoms with Gasteiger partial charge in [0.05, 0.1) is 12.4 Å². The molecule has 0 bridgehead atoms. The number of rotatable bonds is 16. The molecular weight excluding hydrogens is 526 g/mol. The molecule has 41 heavy (non-hydrogen) atoms. The van der Waals surface area contributed by atoms with Gasteiger partial charge in [-0.2, -0.15) is 0 Å². The number of aliphatic carboxylic acids is 1. The van der Waals surface area contributed by atoms with Gasteiger partial charge in [0, 0.05) is 41.8 Å². The van der Waals surface area contributed by atoms with Gasteiger partial charge in [-0.05, 0) is 30.4 Å². The molecule has 0 spiro atoms. The van der Waals surface area contributed by atoms with Crippen molar-refractivity contribution in [2.24, 2.45) is 11.7 Å². The lowest BCUT2D eigenvalue weighted by molar-refractivity contribution is -0.142. The van der Waals surface area contributed by atoms with Gasteiger partial charge in [0.2, 0.25) is 17.7 Å². The molecule has 2 heterocycles. The first-order valence-corrected chi connectivity index (χ1v) is 14.0. The zero-order valence-electron chi connectivity index (χ0n) is 23.8. The zero-order valence-corrected chi connectivity index (χ0v) is 23.8. The van der Waals surface area contributed by atoms with Crippen LogP contribution in [-0.2, 0) is 32.0 Å². The first-order chi connectivity index (χ1) is 19.6. The number of carboxylic acids is 1. The van der Waals surface area contributed by atoms with Gasteiger partial charge in [0.25, 0.3) is 0 Å². The number of nitrogens with zero attached hydrogens (tertiary/aromatic N) is 1. The van der Waals surface area contributed by atoms with Gasteiger partial charge >= 0.3 is 5.97 Å². The van der Waals surface area contributed by atoms with Crippen molar-refractivity contribution in [2.45, 2.75) is 83.5 Å². The number of carbonyl (C=O) groups is 4. The topological polar surface area (TPSA) is 195 Å². The molecule has 1 aromatic carbocycles. The summed E-state index contributed by atoms with van der Waals surface area (Å²) in [5, 5.41) is 18.8. The highest BCUT2D eigenvalue weighted by Gasteiger charge is 2.31. The molecular formula is C29H41N7O5. The second kappa shape index (κ2) is 15.0. The number of amides is 3. The van der Waals surface area contributed by atoms with Crippen LogP contribution < -0.4 is 21.7 Å². The van der Waals surface area contributed by atoms with Gasteiger partial charge in [-0.1, -0.05) is 51.8 Å². The molecule has 3 amide bonds. The number of fused-ring (bicyclic) bond motifs is 1. The quantitative estimate of drug-likeness (QED) is 0.137. The minimum absolute atomic E-state index is 0.0161.